The summed E-state index contributed by atoms with van der Waals surface area (Å²) in [5, 5.41) is 3.17. The van der Waals surface area contributed by atoms with Crippen LogP contribution in [0.3, 0.4) is 0 Å². The highest BCUT2D eigenvalue weighted by Gasteiger charge is 2.12. The minimum Gasteiger partial charge on any atom is -0.490 e. The lowest BCUT2D eigenvalue weighted by Gasteiger charge is -2.14. The van der Waals surface area contributed by atoms with Gasteiger partial charge in [0.2, 0.25) is 0 Å². The van der Waals surface area contributed by atoms with Crippen molar-refractivity contribution in [3.05, 3.63) is 39.8 Å². The number of para-hydroxylation sites is 1. The van der Waals surface area contributed by atoms with Gasteiger partial charge >= 0.3 is 0 Å². The van der Waals surface area contributed by atoms with Crippen molar-refractivity contribution < 1.29 is 9.47 Å². The fourth-order valence-electron chi connectivity index (χ4n) is 1.96. The highest BCUT2D eigenvalue weighted by atomic mass is 32.1. The molecule has 0 radical (unpaired) electrons. The molecule has 0 aliphatic heterocycles. The number of benzene rings is 1. The molecule has 21 heavy (non-hydrogen) atoms. The molecule has 4 nitrogen and oxygen atoms in total. The maximum absolute atomic E-state index is 5.93. The van der Waals surface area contributed by atoms with Gasteiger partial charge in [-0.25, -0.2) is 4.98 Å². The number of nitrogens with two attached hydrogens (primary N) is 1. The minimum absolute atomic E-state index is 0.421. The van der Waals surface area contributed by atoms with E-state index in [1.165, 1.54) is 0 Å². The van der Waals surface area contributed by atoms with Gasteiger partial charge in [0, 0.05) is 23.4 Å². The molecule has 0 bridgehead atoms. The Hall–Kier alpha value is -1.59. The van der Waals surface area contributed by atoms with Gasteiger partial charge in [-0.15, -0.1) is 11.3 Å². The van der Waals surface area contributed by atoms with Crippen LogP contribution in [0.5, 0.6) is 11.5 Å². The van der Waals surface area contributed by atoms with Crippen molar-refractivity contribution in [3.8, 4) is 11.5 Å². The van der Waals surface area contributed by atoms with Gasteiger partial charge in [-0.2, -0.15) is 0 Å². The summed E-state index contributed by atoms with van der Waals surface area (Å²) in [7, 11) is 0. The number of aromatic nitrogens is 1. The fourth-order valence-corrected chi connectivity index (χ4v) is 2.77. The molecule has 0 saturated heterocycles. The molecule has 0 aliphatic carbocycles. The van der Waals surface area contributed by atoms with Gasteiger partial charge in [-0.05, 0) is 13.0 Å². The Kier molecular flexibility index (Phi) is 5.59. The molecule has 0 saturated carbocycles. The third kappa shape index (κ3) is 3.95. The smallest absolute Gasteiger partial charge is 0.166 e. The number of thiazole rings is 1. The van der Waals surface area contributed by atoms with Crippen LogP contribution < -0.4 is 15.2 Å². The first-order valence-electron chi connectivity index (χ1n) is 7.17. The van der Waals surface area contributed by atoms with E-state index in [1.807, 2.05) is 30.5 Å². The Bertz CT molecular complexity index is 581. The maximum atomic E-state index is 5.93. The first-order valence-corrected chi connectivity index (χ1v) is 8.05. The lowest BCUT2D eigenvalue weighted by Crippen LogP contribution is -2.05. The molecule has 0 atom stereocenters. The number of nitrogens with zero attached hydrogens (tertiary/aromatic N) is 1. The lowest BCUT2D eigenvalue weighted by atomic mass is 10.2. The molecule has 0 spiro atoms. The first-order chi connectivity index (χ1) is 10.2. The molecule has 2 rings (SSSR count). The van der Waals surface area contributed by atoms with Crippen LogP contribution in [0, 0.1) is 0 Å². The van der Waals surface area contributed by atoms with Crippen molar-refractivity contribution in [1.29, 1.82) is 0 Å². The van der Waals surface area contributed by atoms with Crippen LogP contribution >= 0.6 is 11.3 Å². The second kappa shape index (κ2) is 7.43. The van der Waals surface area contributed by atoms with E-state index in [2.05, 4.69) is 18.8 Å². The molecule has 1 aromatic heterocycles. The second-order valence-electron chi connectivity index (χ2n) is 5.00. The van der Waals surface area contributed by atoms with Crippen LogP contribution in [0.15, 0.2) is 23.6 Å². The Morgan fingerprint density at radius 1 is 1.29 bits per heavy atom. The van der Waals surface area contributed by atoms with Crippen molar-refractivity contribution in [2.24, 2.45) is 5.73 Å². The van der Waals surface area contributed by atoms with Gasteiger partial charge in [-0.1, -0.05) is 26.0 Å². The normalized spacial score (nSPS) is 10.9. The standard InChI is InChI=1S/C16H22N2O2S/c1-4-19-14-7-5-6-12(8-17)15(14)20-9-13-10-21-16(18-13)11(2)3/h5-7,10-11H,4,8-9,17H2,1-3H3. The molecular weight excluding hydrogens is 284 g/mol. The van der Waals surface area contributed by atoms with Gasteiger partial charge in [0.15, 0.2) is 11.5 Å². The lowest BCUT2D eigenvalue weighted by molar-refractivity contribution is 0.264. The minimum atomic E-state index is 0.421. The summed E-state index contributed by atoms with van der Waals surface area (Å²) in [6.45, 7) is 7.68. The topological polar surface area (TPSA) is 57.4 Å². The summed E-state index contributed by atoms with van der Waals surface area (Å²) >= 11 is 1.67. The van der Waals surface area contributed by atoms with Crippen molar-refractivity contribution in [2.45, 2.75) is 39.8 Å². The van der Waals surface area contributed by atoms with Gasteiger partial charge in [0.05, 0.1) is 17.3 Å². The highest BCUT2D eigenvalue weighted by Crippen LogP contribution is 2.32. The molecule has 2 N–H and O–H groups in total. The van der Waals surface area contributed by atoms with E-state index in [1.54, 1.807) is 11.3 Å². The average Bonchev–Trinajstić information content (AvgIpc) is 2.95. The average molecular weight is 306 g/mol. The summed E-state index contributed by atoms with van der Waals surface area (Å²) in [4.78, 5) is 4.58. The second-order valence-corrected chi connectivity index (χ2v) is 5.89. The predicted molar refractivity (Wildman–Crippen MR) is 86.0 cm³/mol. The summed E-state index contributed by atoms with van der Waals surface area (Å²) in [6.07, 6.45) is 0. The van der Waals surface area contributed by atoms with E-state index in [4.69, 9.17) is 15.2 Å². The molecule has 0 aliphatic rings. The van der Waals surface area contributed by atoms with E-state index in [0.717, 1.165) is 27.8 Å². The monoisotopic (exact) mass is 306 g/mol. The van der Waals surface area contributed by atoms with Crippen LogP contribution in [0.4, 0.5) is 0 Å². The Labute approximate surface area is 129 Å². The zero-order chi connectivity index (χ0) is 15.2. The van der Waals surface area contributed by atoms with Crippen LogP contribution in [0.25, 0.3) is 0 Å². The maximum Gasteiger partial charge on any atom is 0.166 e. The summed E-state index contributed by atoms with van der Waals surface area (Å²) < 4.78 is 11.5. The van der Waals surface area contributed by atoms with Crippen molar-refractivity contribution in [1.82, 2.24) is 4.98 Å². The quantitative estimate of drug-likeness (QED) is 0.847. The van der Waals surface area contributed by atoms with Gasteiger partial charge in [-0.3, -0.25) is 0 Å². The van der Waals surface area contributed by atoms with Gasteiger partial charge in [0.25, 0.3) is 0 Å². The van der Waals surface area contributed by atoms with E-state index in [0.29, 0.717) is 25.7 Å². The van der Waals surface area contributed by atoms with Crippen LogP contribution in [0.1, 0.15) is 43.0 Å². The van der Waals surface area contributed by atoms with Crippen molar-refractivity contribution in [2.75, 3.05) is 6.61 Å². The molecule has 0 unspecified atom stereocenters. The van der Waals surface area contributed by atoms with Crippen LogP contribution in [-0.2, 0) is 13.2 Å². The number of rotatable bonds is 7. The zero-order valence-corrected chi connectivity index (χ0v) is 13.6. The summed E-state index contributed by atoms with van der Waals surface area (Å²) in [6, 6.07) is 5.79. The Morgan fingerprint density at radius 2 is 2.10 bits per heavy atom. The van der Waals surface area contributed by atoms with E-state index < -0.39 is 0 Å². The van der Waals surface area contributed by atoms with E-state index in [-0.39, 0.29) is 0 Å². The van der Waals surface area contributed by atoms with Crippen molar-refractivity contribution in [3.63, 3.8) is 0 Å². The Balaban J connectivity index is 2.14. The molecule has 0 amide bonds. The largest absolute Gasteiger partial charge is 0.490 e. The summed E-state index contributed by atoms with van der Waals surface area (Å²) in [5.74, 6) is 1.90. The number of ether oxygens (including phenoxy) is 2. The summed E-state index contributed by atoms with van der Waals surface area (Å²) in [5.41, 5.74) is 7.67. The molecule has 1 aromatic carbocycles. The third-order valence-electron chi connectivity index (χ3n) is 3.01. The molecule has 114 valence electrons. The van der Waals surface area contributed by atoms with Crippen LogP contribution in [0.2, 0.25) is 0 Å². The first kappa shape index (κ1) is 15.8. The SMILES string of the molecule is CCOc1cccc(CN)c1OCc1csc(C(C)C)n1. The molecule has 5 heteroatoms. The molecule has 1 heterocycles. The zero-order valence-electron chi connectivity index (χ0n) is 12.8. The van der Waals surface area contributed by atoms with Gasteiger partial charge < -0.3 is 15.2 Å². The third-order valence-corrected chi connectivity index (χ3v) is 4.20. The van der Waals surface area contributed by atoms with Gasteiger partial charge in [0.1, 0.15) is 6.61 Å². The number of hydrogen-bond donors (Lipinski definition) is 1. The van der Waals surface area contributed by atoms with Crippen molar-refractivity contribution >= 4 is 11.3 Å². The van der Waals surface area contributed by atoms with E-state index in [9.17, 15) is 0 Å². The molecular formula is C16H22N2O2S. The number of hydrogen-bond acceptors (Lipinski definition) is 5. The van der Waals surface area contributed by atoms with Crippen LogP contribution in [-0.4, -0.2) is 11.6 Å². The predicted octanol–water partition coefficient (Wildman–Crippen LogP) is 3.70. The molecule has 2 aromatic rings. The Morgan fingerprint density at radius 3 is 2.71 bits per heavy atom. The fraction of sp³-hybridized carbons (Fsp3) is 0.438. The molecule has 0 fully saturated rings. The van der Waals surface area contributed by atoms with E-state index >= 15 is 0 Å². The highest BCUT2D eigenvalue weighted by molar-refractivity contribution is 7.09.